The molecule has 42 nitrogen and oxygen atoms in total. The lowest BCUT2D eigenvalue weighted by Crippen LogP contribution is -2.59. The minimum atomic E-state index is -0.640. The number of anilines is 5. The number of nitrogens with zero attached hydrogens (tertiary/aromatic N) is 15. The highest BCUT2D eigenvalue weighted by molar-refractivity contribution is 6.05. The number of imidazole rings is 3. The van der Waals surface area contributed by atoms with Crippen molar-refractivity contribution in [1.82, 2.24) is 88.7 Å². The molecule has 42 heteroatoms. The van der Waals surface area contributed by atoms with E-state index in [0.29, 0.717) is 135 Å². The largest absolute Gasteiger partial charge is 0.492 e. The number of carbonyl (C=O) groups is 9. The van der Waals surface area contributed by atoms with E-state index in [1.54, 1.807) is 63.8 Å². The first-order valence-corrected chi connectivity index (χ1v) is 40.2. The van der Waals surface area contributed by atoms with Gasteiger partial charge in [-0.3, -0.25) is 48.1 Å². The van der Waals surface area contributed by atoms with E-state index in [2.05, 4.69) is 116 Å². The van der Waals surface area contributed by atoms with Crippen LogP contribution < -0.4 is 56.9 Å². The quantitative estimate of drug-likeness (QED) is 0.0252. The molecule has 2 aliphatic heterocycles. The maximum absolute atomic E-state index is 13.3. The number of aromatic nitrogens is 12. The maximum Gasteiger partial charge on any atom is 0.338 e. The third-order valence-electron chi connectivity index (χ3n) is 19.7. The molecule has 0 saturated carbocycles. The van der Waals surface area contributed by atoms with Crippen molar-refractivity contribution in [2.24, 2.45) is 35.2 Å². The lowest BCUT2D eigenvalue weighted by atomic mass is 9.89. The van der Waals surface area contributed by atoms with Gasteiger partial charge in [-0.1, -0.05) is 17.2 Å². The molecule has 10 rings (SSSR count). The Balaban J connectivity index is 0.456. The number of fused-ring (bicyclic) bond motifs is 1. The van der Waals surface area contributed by atoms with E-state index in [0.717, 1.165) is 44.0 Å². The van der Waals surface area contributed by atoms with Crippen LogP contribution >= 0.6 is 0 Å². The predicted molar refractivity (Wildman–Crippen MR) is 440 cm³/mol. The molecule has 7 aromatic heterocycles. The van der Waals surface area contributed by atoms with Crippen LogP contribution in [0, 0.1) is 0 Å². The Hall–Kier alpha value is -11.8. The molecule has 2 saturated heterocycles. The van der Waals surface area contributed by atoms with Crippen molar-refractivity contribution >= 4 is 87.6 Å². The number of nitrogens with one attached hydrogen (secondary N) is 8. The van der Waals surface area contributed by atoms with Crippen molar-refractivity contribution in [3.05, 3.63) is 120 Å². The number of ether oxygens (including phenoxy) is 10. The molecule has 2 fully saturated rings. The zero-order chi connectivity index (χ0) is 86.0. The number of carbonyl (C=O) groups excluding carboxylic acids is 9. The molecule has 656 valence electrons. The number of hydrogen-bond donors (Lipinski definition) is 8. The number of amides is 9. The fraction of sp³-hybridized carbons (Fsp3) is 0.532. The summed E-state index contributed by atoms with van der Waals surface area (Å²) in [6.07, 6.45) is 10.9. The standard InChI is InChI=1S/C79H111N23O19/c1-54-47-100(48-55(2)101(54)28-30-121-60-11-9-56(10-12-60)57-18-25-99(26-19-57)66-14-13-65-91-92-79(112-8)102(65)93-66)70(106)53-120-44-43-119-42-41-118-40-39-117-38-37-116-36-35-115-34-33-114-32-31-113-29-24-80-67(103)15-20-84-76(109)72-89-63(51-97(72)6)87-68(104)16-21-83-75(108)62-46-59(50-96(62)5)86-78(111)73-90-64(52-98(73)7)88-69(105)17-22-82-74(107)61-45-58(49-95(61)4)85-77(110)71-81-23-27-94(71)3/h9-14,23,27,45-46,49-52,54-55,57H,15-22,24-26,28-44,47-48,53H2,1-8H3,(H,80,103)(H,82,107)(H,83,108)(H,84,109)(H,85,110)(H,86,111)(H,87,104)(H,88,105)/t54-,55+. The van der Waals surface area contributed by atoms with Gasteiger partial charge in [0.05, 0.1) is 118 Å². The second-order valence-corrected chi connectivity index (χ2v) is 28.7. The molecule has 121 heavy (non-hydrogen) atoms. The van der Waals surface area contributed by atoms with Gasteiger partial charge in [0.1, 0.15) is 36.2 Å². The summed E-state index contributed by atoms with van der Waals surface area (Å²) in [5.41, 5.74) is 3.02. The van der Waals surface area contributed by atoms with Gasteiger partial charge in [0.2, 0.25) is 35.3 Å². The minimum absolute atomic E-state index is 0.00385. The Kier molecular flexibility index (Phi) is 35.8. The number of aryl methyl sites for hydroxylation is 5. The topological polar surface area (TPSA) is 458 Å². The van der Waals surface area contributed by atoms with Crippen molar-refractivity contribution in [3.8, 4) is 11.8 Å². The van der Waals surface area contributed by atoms with Crippen molar-refractivity contribution in [2.75, 3.05) is 204 Å². The Bertz CT molecular complexity index is 4690. The number of benzene rings is 1. The van der Waals surface area contributed by atoms with Gasteiger partial charge in [0.15, 0.2) is 23.1 Å². The van der Waals surface area contributed by atoms with Crippen molar-refractivity contribution in [2.45, 2.75) is 64.0 Å². The molecule has 8 N–H and O–H groups in total. The SMILES string of the molecule is COc1nnc2ccc(N3CCC(c4ccc(OCCN5[C@H](C)CN(C(=O)COCCOCCOCCOCCOCCOCCOCCOCCNC(=O)CCNC(=O)c6nc(NC(=O)CCNC(=O)c7cc(NC(=O)c8nc(NC(=O)CCNC(=O)c9cc(NC(=O)c%10nccn%10C)cn9C)cn8C)cn7C)cn6C)C[C@@H]5C)cc4)CC3)nn12. The average molecular weight is 1690 g/mol. The van der Waals surface area contributed by atoms with Crippen LogP contribution in [-0.4, -0.2) is 311 Å². The van der Waals surface area contributed by atoms with Gasteiger partial charge in [-0.15, -0.1) is 10.2 Å². The number of piperazine rings is 1. The van der Waals surface area contributed by atoms with E-state index in [1.165, 1.54) is 60.8 Å². The summed E-state index contributed by atoms with van der Waals surface area (Å²) in [5.74, 6) is -1.47. The summed E-state index contributed by atoms with van der Waals surface area (Å²) in [6.45, 7) is 14.4. The molecule has 2 atom stereocenters. The lowest BCUT2D eigenvalue weighted by Gasteiger charge is -2.44. The molecular formula is C79H111N23O19. The summed E-state index contributed by atoms with van der Waals surface area (Å²) in [4.78, 5) is 135. The first-order valence-electron chi connectivity index (χ1n) is 40.2. The molecule has 8 aromatic rings. The van der Waals surface area contributed by atoms with Gasteiger partial charge >= 0.3 is 6.01 Å². The van der Waals surface area contributed by atoms with E-state index in [1.807, 2.05) is 17.0 Å². The molecule has 0 radical (unpaired) electrons. The van der Waals surface area contributed by atoms with Gasteiger partial charge in [0.25, 0.3) is 29.5 Å². The van der Waals surface area contributed by atoms with Crippen LogP contribution in [0.5, 0.6) is 11.8 Å². The third-order valence-corrected chi connectivity index (χ3v) is 19.7. The van der Waals surface area contributed by atoms with Crippen molar-refractivity contribution < 1.29 is 90.5 Å². The number of hydrogen-bond acceptors (Lipinski definition) is 27. The molecule has 0 aliphatic carbocycles. The lowest BCUT2D eigenvalue weighted by molar-refractivity contribution is -0.141. The third kappa shape index (κ3) is 28.4. The highest BCUT2D eigenvalue weighted by atomic mass is 16.6. The summed E-state index contributed by atoms with van der Waals surface area (Å²) < 4.78 is 65.2. The molecule has 9 amide bonds. The van der Waals surface area contributed by atoms with Crippen LogP contribution in [0.3, 0.4) is 0 Å². The van der Waals surface area contributed by atoms with Crippen LogP contribution in [0.4, 0.5) is 28.8 Å². The molecule has 2 aliphatic rings. The Morgan fingerprint density at radius 3 is 1.45 bits per heavy atom. The van der Waals surface area contributed by atoms with E-state index < -0.39 is 41.4 Å². The van der Waals surface area contributed by atoms with Gasteiger partial charge < -0.3 is 123 Å². The van der Waals surface area contributed by atoms with Gasteiger partial charge in [0, 0.05) is 163 Å². The fourth-order valence-electron chi connectivity index (χ4n) is 13.4. The van der Waals surface area contributed by atoms with Crippen LogP contribution in [0.15, 0.2) is 85.7 Å². The first kappa shape index (κ1) is 91.5. The predicted octanol–water partition coefficient (Wildman–Crippen LogP) is 1.79. The molecule has 0 unspecified atom stereocenters. The Morgan fingerprint density at radius 2 is 0.950 bits per heavy atom. The minimum Gasteiger partial charge on any atom is -0.492 e. The van der Waals surface area contributed by atoms with Gasteiger partial charge in [-0.25, -0.2) is 15.0 Å². The highest BCUT2D eigenvalue weighted by Gasteiger charge is 2.32. The van der Waals surface area contributed by atoms with Crippen LogP contribution in [0.1, 0.15) is 110 Å². The highest BCUT2D eigenvalue weighted by Crippen LogP contribution is 2.32. The van der Waals surface area contributed by atoms with Gasteiger partial charge in [-0.05, 0) is 74.6 Å². The summed E-state index contributed by atoms with van der Waals surface area (Å²) in [5, 5.41) is 34.2. The fourth-order valence-corrected chi connectivity index (χ4v) is 13.4. The molecule has 0 spiro atoms. The zero-order valence-electron chi connectivity index (χ0n) is 69.7. The summed E-state index contributed by atoms with van der Waals surface area (Å²) in [6, 6.07) is 16.0. The van der Waals surface area contributed by atoms with E-state index in [9.17, 15) is 43.2 Å². The maximum atomic E-state index is 13.3. The first-order chi connectivity index (χ1) is 58.6. The smallest absolute Gasteiger partial charge is 0.338 e. The van der Waals surface area contributed by atoms with Crippen LogP contribution in [0.2, 0.25) is 0 Å². The molecule has 1 aromatic carbocycles. The average Bonchev–Trinajstić information content (AvgIpc) is 1.74. The van der Waals surface area contributed by atoms with Crippen LogP contribution in [0.25, 0.3) is 5.65 Å². The second-order valence-electron chi connectivity index (χ2n) is 28.7. The molecular weight excluding hydrogens is 1580 g/mol. The second kappa shape index (κ2) is 47.3. The van der Waals surface area contributed by atoms with E-state index in [4.69, 9.17) is 52.5 Å². The Morgan fingerprint density at radius 1 is 0.471 bits per heavy atom. The van der Waals surface area contributed by atoms with E-state index in [-0.39, 0.29) is 129 Å². The molecule has 9 heterocycles. The Labute approximate surface area is 699 Å². The van der Waals surface area contributed by atoms with Gasteiger partial charge in [-0.2, -0.15) is 4.52 Å². The number of methoxy groups -OCH3 is 1. The number of piperidine rings is 1. The summed E-state index contributed by atoms with van der Waals surface area (Å²) >= 11 is 0. The van der Waals surface area contributed by atoms with Crippen molar-refractivity contribution in [3.63, 3.8) is 0 Å². The zero-order valence-corrected chi connectivity index (χ0v) is 69.7. The molecule has 0 bridgehead atoms. The normalized spacial score (nSPS) is 14.4. The van der Waals surface area contributed by atoms with Crippen LogP contribution in [-0.2, 0) is 92.3 Å². The summed E-state index contributed by atoms with van der Waals surface area (Å²) in [7, 11) is 9.61. The number of rotatable bonds is 51. The van der Waals surface area contributed by atoms with E-state index >= 15 is 0 Å². The monoisotopic (exact) mass is 1690 g/mol. The van der Waals surface area contributed by atoms with Crippen molar-refractivity contribution in [1.29, 1.82) is 0 Å².